The quantitative estimate of drug-likeness (QED) is 0.685. The maximum atomic E-state index is 11.5. The van der Waals surface area contributed by atoms with Crippen molar-refractivity contribution >= 4 is 6.03 Å². The number of hydrogen-bond acceptors (Lipinski definition) is 4. The predicted octanol–water partition coefficient (Wildman–Crippen LogP) is 0.485. The molecule has 110 valence electrons. The summed E-state index contributed by atoms with van der Waals surface area (Å²) in [4.78, 5) is 15.8. The van der Waals surface area contributed by atoms with Crippen molar-refractivity contribution in [3.05, 3.63) is 0 Å². The Balaban J connectivity index is 1.73. The van der Waals surface area contributed by atoms with Crippen molar-refractivity contribution in [2.24, 2.45) is 0 Å². The van der Waals surface area contributed by atoms with E-state index in [1.165, 1.54) is 0 Å². The molecule has 2 amide bonds. The number of nitrogens with one attached hydrogen (secondary N) is 1. The lowest BCUT2D eigenvalue weighted by Gasteiger charge is -2.36. The van der Waals surface area contributed by atoms with Gasteiger partial charge in [-0.15, -0.1) is 0 Å². The molecule has 6 heteroatoms. The van der Waals surface area contributed by atoms with Crippen LogP contribution in [0.2, 0.25) is 0 Å². The third-order valence-electron chi connectivity index (χ3n) is 3.70. The average Bonchev–Trinajstić information content (AvgIpc) is 2.78. The molecule has 0 spiro atoms. The third-order valence-corrected chi connectivity index (χ3v) is 3.70. The van der Waals surface area contributed by atoms with E-state index in [0.717, 1.165) is 39.1 Å². The maximum absolute atomic E-state index is 11.5. The Labute approximate surface area is 115 Å². The summed E-state index contributed by atoms with van der Waals surface area (Å²) in [6, 6.07) is 0.421. The number of urea groups is 1. The van der Waals surface area contributed by atoms with E-state index in [1.54, 1.807) is 0 Å². The van der Waals surface area contributed by atoms with Crippen LogP contribution in [-0.4, -0.2) is 74.1 Å². The van der Waals surface area contributed by atoms with Crippen molar-refractivity contribution in [3.8, 4) is 0 Å². The molecular weight excluding hydrogens is 246 g/mol. The first-order valence-corrected chi connectivity index (χ1v) is 7.24. The summed E-state index contributed by atoms with van der Waals surface area (Å²) in [5.74, 6) is 0. The van der Waals surface area contributed by atoms with E-state index < -0.39 is 0 Å². The number of carbonyl (C=O) groups excluding carboxylic acids is 1. The van der Waals surface area contributed by atoms with Gasteiger partial charge in [0, 0.05) is 52.4 Å². The molecule has 1 atom stereocenters. The lowest BCUT2D eigenvalue weighted by atomic mass is 10.2. The highest BCUT2D eigenvalue weighted by molar-refractivity contribution is 5.77. The van der Waals surface area contributed by atoms with Gasteiger partial charge in [0.1, 0.15) is 0 Å². The molecule has 2 heterocycles. The van der Waals surface area contributed by atoms with Crippen molar-refractivity contribution in [3.63, 3.8) is 0 Å². The molecule has 0 aromatic heterocycles. The summed E-state index contributed by atoms with van der Waals surface area (Å²) in [6.45, 7) is 9.78. The Bertz CT molecular complexity index is 295. The number of rotatable bonds is 7. The van der Waals surface area contributed by atoms with Crippen LogP contribution in [0.25, 0.3) is 0 Å². The Morgan fingerprint density at radius 2 is 2.05 bits per heavy atom. The zero-order valence-electron chi connectivity index (χ0n) is 11.9. The molecule has 2 rings (SSSR count). The Morgan fingerprint density at radius 1 is 1.32 bits per heavy atom. The van der Waals surface area contributed by atoms with Gasteiger partial charge in [-0.1, -0.05) is 0 Å². The van der Waals surface area contributed by atoms with Crippen molar-refractivity contribution in [2.45, 2.75) is 32.6 Å². The summed E-state index contributed by atoms with van der Waals surface area (Å²) in [5, 5.41) is 2.90. The number of amides is 2. The molecular formula is C13H25N3O3. The molecule has 0 saturated carbocycles. The number of fused-ring (bicyclic) bond motifs is 1. The predicted molar refractivity (Wildman–Crippen MR) is 72.0 cm³/mol. The molecule has 2 fully saturated rings. The standard InChI is InChI=1S/C13H25N3O3/c1-3-18-12(19-4-2)5-6-15-7-8-16-11(10-15)9-14-13(16)17/h11-12H,3-10H2,1-2H3,(H,14,17). The Morgan fingerprint density at radius 3 is 2.74 bits per heavy atom. The lowest BCUT2D eigenvalue weighted by molar-refractivity contribution is -0.142. The van der Waals surface area contributed by atoms with Gasteiger partial charge in [-0.2, -0.15) is 0 Å². The minimum atomic E-state index is -0.101. The second-order valence-corrected chi connectivity index (χ2v) is 4.96. The van der Waals surface area contributed by atoms with Crippen LogP contribution in [0.5, 0.6) is 0 Å². The topological polar surface area (TPSA) is 54.0 Å². The monoisotopic (exact) mass is 271 g/mol. The molecule has 19 heavy (non-hydrogen) atoms. The molecule has 0 bridgehead atoms. The van der Waals surface area contributed by atoms with Crippen molar-refractivity contribution < 1.29 is 14.3 Å². The van der Waals surface area contributed by atoms with Gasteiger partial charge in [-0.3, -0.25) is 4.90 Å². The van der Waals surface area contributed by atoms with Crippen LogP contribution in [-0.2, 0) is 9.47 Å². The van der Waals surface area contributed by atoms with Crippen molar-refractivity contribution in [1.29, 1.82) is 0 Å². The third kappa shape index (κ3) is 3.81. The van der Waals surface area contributed by atoms with Crippen LogP contribution in [0, 0.1) is 0 Å². The van der Waals surface area contributed by atoms with Gasteiger partial charge in [0.25, 0.3) is 0 Å². The number of nitrogens with zero attached hydrogens (tertiary/aromatic N) is 2. The minimum Gasteiger partial charge on any atom is -0.353 e. The van der Waals surface area contributed by atoms with E-state index in [1.807, 2.05) is 18.7 Å². The fourth-order valence-electron chi connectivity index (χ4n) is 2.75. The zero-order valence-corrected chi connectivity index (χ0v) is 11.9. The highest BCUT2D eigenvalue weighted by Crippen LogP contribution is 2.15. The van der Waals surface area contributed by atoms with Gasteiger partial charge in [0.2, 0.25) is 0 Å². The first-order chi connectivity index (χ1) is 9.24. The first-order valence-electron chi connectivity index (χ1n) is 7.24. The molecule has 2 aliphatic rings. The van der Waals surface area contributed by atoms with Crippen LogP contribution in [0.4, 0.5) is 4.79 Å². The molecule has 0 aromatic carbocycles. The zero-order chi connectivity index (χ0) is 13.7. The summed E-state index contributed by atoms with van der Waals surface area (Å²) in [6.07, 6.45) is 0.784. The van der Waals surface area contributed by atoms with E-state index in [2.05, 4.69) is 10.2 Å². The summed E-state index contributed by atoms with van der Waals surface area (Å²) in [5.41, 5.74) is 0. The van der Waals surface area contributed by atoms with Gasteiger partial charge >= 0.3 is 6.03 Å². The van der Waals surface area contributed by atoms with E-state index in [4.69, 9.17) is 9.47 Å². The van der Waals surface area contributed by atoms with Crippen LogP contribution in [0.3, 0.4) is 0 Å². The fraction of sp³-hybridized carbons (Fsp3) is 0.923. The highest BCUT2D eigenvalue weighted by atomic mass is 16.7. The number of piperazine rings is 1. The van der Waals surface area contributed by atoms with Crippen LogP contribution in [0.15, 0.2) is 0 Å². The van der Waals surface area contributed by atoms with Gasteiger partial charge in [-0.05, 0) is 13.8 Å². The van der Waals surface area contributed by atoms with Gasteiger partial charge < -0.3 is 19.7 Å². The normalized spacial score (nSPS) is 23.8. The second kappa shape index (κ2) is 7.07. The van der Waals surface area contributed by atoms with Crippen molar-refractivity contribution in [2.75, 3.05) is 45.9 Å². The van der Waals surface area contributed by atoms with Crippen molar-refractivity contribution in [1.82, 2.24) is 15.1 Å². The molecule has 2 aliphatic heterocycles. The molecule has 1 N–H and O–H groups in total. The molecule has 6 nitrogen and oxygen atoms in total. The van der Waals surface area contributed by atoms with Gasteiger partial charge in [0.15, 0.2) is 6.29 Å². The number of hydrogen-bond donors (Lipinski definition) is 1. The Kier molecular flexibility index (Phi) is 5.42. The van der Waals surface area contributed by atoms with E-state index in [0.29, 0.717) is 19.3 Å². The largest absolute Gasteiger partial charge is 0.353 e. The smallest absolute Gasteiger partial charge is 0.317 e. The molecule has 0 aromatic rings. The first kappa shape index (κ1) is 14.6. The number of ether oxygens (including phenoxy) is 2. The molecule has 0 radical (unpaired) electrons. The van der Waals surface area contributed by atoms with E-state index >= 15 is 0 Å². The molecule has 1 unspecified atom stereocenters. The summed E-state index contributed by atoms with van der Waals surface area (Å²) >= 11 is 0. The molecule has 0 aliphatic carbocycles. The van der Waals surface area contributed by atoms with E-state index in [9.17, 15) is 4.79 Å². The fourth-order valence-corrected chi connectivity index (χ4v) is 2.75. The van der Waals surface area contributed by atoms with Gasteiger partial charge in [-0.25, -0.2) is 4.79 Å². The second-order valence-electron chi connectivity index (χ2n) is 4.96. The van der Waals surface area contributed by atoms with E-state index in [-0.39, 0.29) is 12.3 Å². The summed E-state index contributed by atoms with van der Waals surface area (Å²) < 4.78 is 11.1. The van der Waals surface area contributed by atoms with Crippen LogP contribution < -0.4 is 5.32 Å². The Hall–Kier alpha value is -0.850. The molecule has 2 saturated heterocycles. The minimum absolute atomic E-state index is 0.0890. The SMILES string of the molecule is CCOC(CCN1CCN2C(=O)NCC2C1)OCC. The van der Waals surface area contributed by atoms with Crippen LogP contribution >= 0.6 is 0 Å². The van der Waals surface area contributed by atoms with Gasteiger partial charge in [0.05, 0.1) is 6.04 Å². The number of carbonyl (C=O) groups is 1. The average molecular weight is 271 g/mol. The highest BCUT2D eigenvalue weighted by Gasteiger charge is 2.35. The summed E-state index contributed by atoms with van der Waals surface area (Å²) in [7, 11) is 0. The lowest BCUT2D eigenvalue weighted by Crippen LogP contribution is -2.52. The van der Waals surface area contributed by atoms with Crippen LogP contribution in [0.1, 0.15) is 20.3 Å². The maximum Gasteiger partial charge on any atom is 0.317 e.